The Balaban J connectivity index is 1.48. The lowest BCUT2D eigenvalue weighted by Gasteiger charge is -2.31. The highest BCUT2D eigenvalue weighted by Gasteiger charge is 2.30. The molecule has 0 aliphatic carbocycles. The summed E-state index contributed by atoms with van der Waals surface area (Å²) < 4.78 is 32.5. The highest BCUT2D eigenvalue weighted by Crippen LogP contribution is 2.25. The Hall–Kier alpha value is -2.38. The van der Waals surface area contributed by atoms with Gasteiger partial charge in [0.05, 0.1) is 11.5 Å². The maximum absolute atomic E-state index is 12.7. The van der Waals surface area contributed by atoms with Crippen LogP contribution in [0.15, 0.2) is 59.5 Å². The first kappa shape index (κ1) is 21.3. The molecular weight excluding hydrogens is 388 g/mol. The number of piperidine rings is 1. The van der Waals surface area contributed by atoms with Crippen LogP contribution in [0.4, 0.5) is 0 Å². The van der Waals surface area contributed by atoms with E-state index in [-0.39, 0.29) is 11.8 Å². The number of sulfonamides is 1. The summed E-state index contributed by atoms with van der Waals surface area (Å²) in [5.41, 5.74) is 0.950. The number of hydrogen-bond donors (Lipinski definition) is 1. The fraction of sp³-hybridized carbons (Fsp3) is 0.409. The fourth-order valence-electron chi connectivity index (χ4n) is 3.57. The van der Waals surface area contributed by atoms with Crippen LogP contribution in [0.3, 0.4) is 0 Å². The summed E-state index contributed by atoms with van der Waals surface area (Å²) in [5, 5.41) is 2.96. The van der Waals surface area contributed by atoms with E-state index in [1.54, 1.807) is 30.3 Å². The Labute approximate surface area is 172 Å². The van der Waals surface area contributed by atoms with E-state index in [4.69, 9.17) is 4.74 Å². The molecule has 1 saturated heterocycles. The van der Waals surface area contributed by atoms with E-state index < -0.39 is 10.0 Å². The number of benzene rings is 2. The molecule has 0 saturated carbocycles. The Bertz CT molecular complexity index is 907. The van der Waals surface area contributed by atoms with Crippen LogP contribution in [-0.2, 0) is 21.4 Å². The van der Waals surface area contributed by atoms with E-state index in [1.807, 2.05) is 31.2 Å². The zero-order chi connectivity index (χ0) is 20.7. The average Bonchev–Trinajstić information content (AvgIpc) is 2.74. The molecule has 0 bridgehead atoms. The lowest BCUT2D eigenvalue weighted by atomic mass is 9.94. The van der Waals surface area contributed by atoms with E-state index in [9.17, 15) is 13.2 Å². The van der Waals surface area contributed by atoms with E-state index in [1.165, 1.54) is 4.31 Å². The van der Waals surface area contributed by atoms with Crippen molar-refractivity contribution in [2.75, 3.05) is 19.7 Å². The van der Waals surface area contributed by atoms with Crippen LogP contribution in [0.1, 0.15) is 31.7 Å². The Morgan fingerprint density at radius 2 is 1.72 bits per heavy atom. The number of nitrogens with one attached hydrogen (secondary N) is 1. The smallest absolute Gasteiger partial charge is 0.243 e. The van der Waals surface area contributed by atoms with Gasteiger partial charge in [-0.25, -0.2) is 8.42 Å². The molecule has 29 heavy (non-hydrogen) atoms. The number of amides is 1. The van der Waals surface area contributed by atoms with E-state index in [0.717, 1.165) is 11.3 Å². The van der Waals surface area contributed by atoms with Crippen LogP contribution in [0, 0.1) is 5.92 Å². The van der Waals surface area contributed by atoms with Crippen molar-refractivity contribution in [3.63, 3.8) is 0 Å². The molecule has 2 aromatic rings. The van der Waals surface area contributed by atoms with Gasteiger partial charge in [0.2, 0.25) is 15.9 Å². The van der Waals surface area contributed by atoms with Gasteiger partial charge < -0.3 is 10.1 Å². The number of rotatable bonds is 8. The molecule has 1 aliphatic heterocycles. The van der Waals surface area contributed by atoms with Gasteiger partial charge in [-0.3, -0.25) is 4.79 Å². The normalized spacial score (nSPS) is 15.8. The van der Waals surface area contributed by atoms with Crippen LogP contribution in [-0.4, -0.2) is 38.3 Å². The Morgan fingerprint density at radius 3 is 2.41 bits per heavy atom. The SMILES string of the molecule is CCOc1ccccc1CNC(=O)CC1CCN(S(=O)(=O)c2ccccc2)CC1. The van der Waals surface area contributed by atoms with Crippen molar-refractivity contribution in [2.45, 2.75) is 37.6 Å². The van der Waals surface area contributed by atoms with Crippen molar-refractivity contribution in [2.24, 2.45) is 5.92 Å². The van der Waals surface area contributed by atoms with Crippen LogP contribution >= 0.6 is 0 Å². The lowest BCUT2D eigenvalue weighted by Crippen LogP contribution is -2.39. The number of hydrogen-bond acceptors (Lipinski definition) is 4. The van der Waals surface area contributed by atoms with Crippen LogP contribution in [0.25, 0.3) is 0 Å². The minimum atomic E-state index is -3.45. The third-order valence-corrected chi connectivity index (χ3v) is 7.09. The van der Waals surface area contributed by atoms with E-state index in [0.29, 0.717) is 50.4 Å². The molecule has 6 nitrogen and oxygen atoms in total. The summed E-state index contributed by atoms with van der Waals surface area (Å²) in [6.07, 6.45) is 1.79. The first-order valence-corrected chi connectivity index (χ1v) is 11.5. The summed E-state index contributed by atoms with van der Waals surface area (Å²) in [4.78, 5) is 12.7. The van der Waals surface area contributed by atoms with Gasteiger partial charge in [-0.15, -0.1) is 0 Å². The summed E-state index contributed by atoms with van der Waals surface area (Å²) in [6, 6.07) is 16.2. The van der Waals surface area contributed by atoms with Crippen molar-refractivity contribution < 1.29 is 17.9 Å². The quantitative estimate of drug-likeness (QED) is 0.717. The molecule has 1 aliphatic rings. The number of para-hydroxylation sites is 1. The third-order valence-electron chi connectivity index (χ3n) is 5.18. The van der Waals surface area contributed by atoms with Crippen molar-refractivity contribution in [1.29, 1.82) is 0 Å². The summed E-state index contributed by atoms with van der Waals surface area (Å²) in [5.74, 6) is 0.967. The number of nitrogens with zero attached hydrogens (tertiary/aromatic N) is 1. The number of carbonyl (C=O) groups is 1. The molecule has 1 N–H and O–H groups in total. The van der Waals surface area contributed by atoms with Crippen molar-refractivity contribution in [3.05, 3.63) is 60.2 Å². The molecule has 156 valence electrons. The molecule has 1 heterocycles. The van der Waals surface area contributed by atoms with Gasteiger partial charge in [-0.1, -0.05) is 36.4 Å². The fourth-order valence-corrected chi connectivity index (χ4v) is 5.06. The monoisotopic (exact) mass is 416 g/mol. The first-order chi connectivity index (χ1) is 14.0. The third kappa shape index (κ3) is 5.58. The second kappa shape index (κ2) is 9.89. The zero-order valence-corrected chi connectivity index (χ0v) is 17.5. The topological polar surface area (TPSA) is 75.7 Å². The molecule has 3 rings (SSSR count). The molecule has 0 atom stereocenters. The standard InChI is InChI=1S/C22H28N2O4S/c1-2-28-21-11-7-6-8-19(21)17-23-22(25)16-18-12-14-24(15-13-18)29(26,27)20-9-4-3-5-10-20/h3-11,18H,2,12-17H2,1H3,(H,23,25). The summed E-state index contributed by atoms with van der Waals surface area (Å²) >= 11 is 0. The average molecular weight is 417 g/mol. The van der Waals surface area contributed by atoms with Crippen molar-refractivity contribution >= 4 is 15.9 Å². The minimum absolute atomic E-state index is 0.0133. The highest BCUT2D eigenvalue weighted by molar-refractivity contribution is 7.89. The molecule has 1 amide bonds. The van der Waals surface area contributed by atoms with Gasteiger partial charge >= 0.3 is 0 Å². The van der Waals surface area contributed by atoms with Crippen molar-refractivity contribution in [3.8, 4) is 5.75 Å². The minimum Gasteiger partial charge on any atom is -0.494 e. The van der Waals surface area contributed by atoms with Gasteiger partial charge in [-0.05, 0) is 43.9 Å². The van der Waals surface area contributed by atoms with Gasteiger partial charge in [0.1, 0.15) is 5.75 Å². The molecular formula is C22H28N2O4S. The second-order valence-electron chi connectivity index (χ2n) is 7.18. The largest absolute Gasteiger partial charge is 0.494 e. The lowest BCUT2D eigenvalue weighted by molar-refractivity contribution is -0.122. The molecule has 0 radical (unpaired) electrons. The zero-order valence-electron chi connectivity index (χ0n) is 16.7. The van der Waals surface area contributed by atoms with E-state index >= 15 is 0 Å². The molecule has 2 aromatic carbocycles. The predicted octanol–water partition coefficient (Wildman–Crippen LogP) is 3.19. The second-order valence-corrected chi connectivity index (χ2v) is 9.12. The maximum Gasteiger partial charge on any atom is 0.243 e. The van der Waals surface area contributed by atoms with Crippen LogP contribution in [0.5, 0.6) is 5.75 Å². The van der Waals surface area contributed by atoms with Gasteiger partial charge in [-0.2, -0.15) is 4.31 Å². The maximum atomic E-state index is 12.7. The van der Waals surface area contributed by atoms with Crippen molar-refractivity contribution in [1.82, 2.24) is 9.62 Å². The van der Waals surface area contributed by atoms with Gasteiger partial charge in [0.25, 0.3) is 0 Å². The van der Waals surface area contributed by atoms with Gasteiger partial charge in [0, 0.05) is 31.6 Å². The Morgan fingerprint density at radius 1 is 1.07 bits per heavy atom. The summed E-state index contributed by atoms with van der Waals surface area (Å²) in [6.45, 7) is 3.83. The highest BCUT2D eigenvalue weighted by atomic mass is 32.2. The Kier molecular flexibility index (Phi) is 7.28. The molecule has 0 unspecified atom stereocenters. The van der Waals surface area contributed by atoms with Gasteiger partial charge in [0.15, 0.2) is 0 Å². The predicted molar refractivity (Wildman–Crippen MR) is 112 cm³/mol. The molecule has 0 aromatic heterocycles. The summed E-state index contributed by atoms with van der Waals surface area (Å²) in [7, 11) is -3.45. The molecule has 0 spiro atoms. The van der Waals surface area contributed by atoms with Crippen LogP contribution < -0.4 is 10.1 Å². The number of carbonyl (C=O) groups excluding carboxylic acids is 1. The first-order valence-electron chi connectivity index (χ1n) is 10.0. The van der Waals surface area contributed by atoms with E-state index in [2.05, 4.69) is 5.32 Å². The number of ether oxygens (including phenoxy) is 1. The van der Waals surface area contributed by atoms with Crippen LogP contribution in [0.2, 0.25) is 0 Å². The molecule has 1 fully saturated rings. The molecule has 7 heteroatoms.